The fraction of sp³-hybridized carbons (Fsp3) is 0.500. The summed E-state index contributed by atoms with van der Waals surface area (Å²) in [5.41, 5.74) is 1.38. The normalized spacial score (nSPS) is 22.4. The number of piperidine rings is 1. The summed E-state index contributed by atoms with van der Waals surface area (Å²) < 4.78 is 49.1. The van der Waals surface area contributed by atoms with Gasteiger partial charge in [-0.1, -0.05) is 0 Å². The van der Waals surface area contributed by atoms with Crippen LogP contribution in [0.2, 0.25) is 0 Å². The minimum Gasteiger partial charge on any atom is -0.475 e. The Morgan fingerprint density at radius 3 is 2.59 bits per heavy atom. The van der Waals surface area contributed by atoms with E-state index in [1.54, 1.807) is 9.42 Å². The molecule has 1 aromatic carbocycles. The maximum Gasteiger partial charge on any atom is 0.258 e. The molecule has 13 heteroatoms. The number of hydrogen-bond acceptors (Lipinski definition) is 8. The third-order valence-corrected chi connectivity index (χ3v) is 9.40. The number of carbonyl (C=O) groups is 1. The van der Waals surface area contributed by atoms with E-state index in [4.69, 9.17) is 14.8 Å². The molecule has 11 nitrogen and oxygen atoms in total. The highest BCUT2D eigenvalue weighted by molar-refractivity contribution is 7.88. The first-order valence-corrected chi connectivity index (χ1v) is 14.9. The third-order valence-electron chi connectivity index (χ3n) is 7.85. The Morgan fingerprint density at radius 2 is 1.82 bits per heavy atom. The van der Waals surface area contributed by atoms with Crippen LogP contribution in [-0.2, 0) is 10.0 Å². The lowest BCUT2D eigenvalue weighted by molar-refractivity contribution is 0.0601. The quantitative estimate of drug-likeness (QED) is 0.450. The standard InChI is InChI=1S/C26H32FN7O4S/c1-30-12-13-31(2)39(36,37)17-38-22-8-7-18(27)14-19(22)26(35)33-11-4-3-6-21(33)20-15-24-28-23(32-9-5-10-32)16-25(30)34(24)29-20/h7-8,14-16,21H,3-6,9-13,17H2,1-2H3. The van der Waals surface area contributed by atoms with Crippen LogP contribution in [0.15, 0.2) is 30.3 Å². The Hall–Kier alpha value is -3.45. The maximum absolute atomic E-state index is 14.3. The number of aromatic nitrogens is 3. The number of ether oxygens (including phenoxy) is 1. The molecule has 1 amide bonds. The van der Waals surface area contributed by atoms with Crippen LogP contribution >= 0.6 is 0 Å². The monoisotopic (exact) mass is 557 g/mol. The first-order chi connectivity index (χ1) is 18.7. The highest BCUT2D eigenvalue weighted by Crippen LogP contribution is 2.35. The fourth-order valence-corrected chi connectivity index (χ4v) is 6.13. The molecule has 5 heterocycles. The van der Waals surface area contributed by atoms with E-state index in [1.807, 2.05) is 24.1 Å². The molecule has 0 saturated carbocycles. The third kappa shape index (κ3) is 4.78. The van der Waals surface area contributed by atoms with Gasteiger partial charge in [0.05, 0.1) is 17.3 Å². The molecule has 2 fully saturated rings. The van der Waals surface area contributed by atoms with Gasteiger partial charge >= 0.3 is 0 Å². The van der Waals surface area contributed by atoms with Crippen molar-refractivity contribution < 1.29 is 22.3 Å². The van der Waals surface area contributed by atoms with Crippen molar-refractivity contribution in [2.24, 2.45) is 0 Å². The Labute approximate surface area is 226 Å². The van der Waals surface area contributed by atoms with E-state index in [1.165, 1.54) is 17.4 Å². The van der Waals surface area contributed by atoms with Crippen LogP contribution in [0.1, 0.15) is 47.8 Å². The zero-order valence-corrected chi connectivity index (χ0v) is 22.9. The molecule has 2 bridgehead atoms. The molecule has 3 aliphatic rings. The van der Waals surface area contributed by atoms with Gasteiger partial charge in [0.15, 0.2) is 5.65 Å². The molecule has 6 rings (SSSR count). The second-order valence-electron chi connectivity index (χ2n) is 10.4. The number of anilines is 2. The van der Waals surface area contributed by atoms with Crippen LogP contribution in [-0.4, -0.2) is 90.9 Å². The van der Waals surface area contributed by atoms with Crippen LogP contribution in [0.5, 0.6) is 5.75 Å². The Kier molecular flexibility index (Phi) is 6.58. The van der Waals surface area contributed by atoms with Crippen LogP contribution < -0.4 is 14.5 Å². The number of benzene rings is 1. The molecule has 3 aromatic rings. The number of sulfonamides is 1. The second-order valence-corrected chi connectivity index (χ2v) is 12.4. The second kappa shape index (κ2) is 9.94. The van der Waals surface area contributed by atoms with Crippen LogP contribution in [0.4, 0.5) is 16.0 Å². The van der Waals surface area contributed by atoms with Gasteiger partial charge in [-0.25, -0.2) is 22.1 Å². The minimum atomic E-state index is -3.83. The van der Waals surface area contributed by atoms with E-state index in [2.05, 4.69) is 4.90 Å². The number of amides is 1. The van der Waals surface area contributed by atoms with Crippen molar-refractivity contribution in [2.45, 2.75) is 31.7 Å². The number of rotatable bonds is 1. The van der Waals surface area contributed by atoms with Gasteiger partial charge in [0.2, 0.25) is 16.0 Å². The fourth-order valence-electron chi connectivity index (χ4n) is 5.31. The molecule has 0 N–H and O–H groups in total. The summed E-state index contributed by atoms with van der Waals surface area (Å²) >= 11 is 0. The van der Waals surface area contributed by atoms with E-state index < -0.39 is 27.7 Å². The molecule has 0 aliphatic carbocycles. The van der Waals surface area contributed by atoms with Crippen molar-refractivity contribution in [3.63, 3.8) is 0 Å². The van der Waals surface area contributed by atoms with Gasteiger partial charge < -0.3 is 19.4 Å². The van der Waals surface area contributed by atoms with Crippen LogP contribution in [0.3, 0.4) is 0 Å². The van der Waals surface area contributed by atoms with E-state index in [9.17, 15) is 17.6 Å². The van der Waals surface area contributed by atoms with Crippen molar-refractivity contribution in [3.8, 4) is 5.75 Å². The van der Waals surface area contributed by atoms with Gasteiger partial charge in [0, 0.05) is 59.0 Å². The summed E-state index contributed by atoms with van der Waals surface area (Å²) in [6, 6.07) is 7.15. The number of likely N-dealkylation sites (N-methyl/N-ethyl adjacent to an activating group) is 2. The van der Waals surface area contributed by atoms with Crippen molar-refractivity contribution in [2.75, 3.05) is 62.6 Å². The van der Waals surface area contributed by atoms with E-state index >= 15 is 0 Å². The lowest BCUT2D eigenvalue weighted by Crippen LogP contribution is -2.40. The lowest BCUT2D eigenvalue weighted by Gasteiger charge is -2.35. The summed E-state index contributed by atoms with van der Waals surface area (Å²) in [6.07, 6.45) is 3.52. The van der Waals surface area contributed by atoms with Gasteiger partial charge in [-0.2, -0.15) is 9.61 Å². The summed E-state index contributed by atoms with van der Waals surface area (Å²) in [5.74, 6) is -0.0297. The molecule has 1 atom stereocenters. The van der Waals surface area contributed by atoms with Crippen molar-refractivity contribution in [1.82, 2.24) is 23.8 Å². The molecule has 1 unspecified atom stereocenters. The van der Waals surface area contributed by atoms with Crippen molar-refractivity contribution in [1.29, 1.82) is 0 Å². The number of nitrogens with zero attached hydrogens (tertiary/aromatic N) is 7. The molecular formula is C26H32FN7O4S. The highest BCUT2D eigenvalue weighted by atomic mass is 32.2. The molecule has 39 heavy (non-hydrogen) atoms. The molecule has 2 saturated heterocycles. The average Bonchev–Trinajstić information content (AvgIpc) is 3.32. The summed E-state index contributed by atoms with van der Waals surface area (Å²) in [5, 5.41) is 4.92. The number of halogens is 1. The molecule has 0 radical (unpaired) electrons. The van der Waals surface area contributed by atoms with Gasteiger partial charge in [0.25, 0.3) is 5.91 Å². The Bertz CT molecular complexity index is 1520. The van der Waals surface area contributed by atoms with E-state index in [-0.39, 0.29) is 23.9 Å². The molecule has 3 aliphatic heterocycles. The van der Waals surface area contributed by atoms with E-state index in [0.717, 1.165) is 61.8 Å². The SMILES string of the molecule is CN1CCN(C)S(=O)(=O)COc2ccc(F)cc2C(=O)N2CCCCC2c2cc3nc(N4CCC4)cc1n3n2. The first-order valence-electron chi connectivity index (χ1n) is 13.3. The van der Waals surface area contributed by atoms with Gasteiger partial charge in [-0.05, 0) is 43.9 Å². The first kappa shape index (κ1) is 25.8. The highest BCUT2D eigenvalue weighted by Gasteiger charge is 2.33. The molecular weight excluding hydrogens is 525 g/mol. The number of hydrogen-bond donors (Lipinski definition) is 0. The van der Waals surface area contributed by atoms with Crippen molar-refractivity contribution in [3.05, 3.63) is 47.4 Å². The number of fused-ring (bicyclic) bond motifs is 4. The maximum atomic E-state index is 14.3. The lowest BCUT2D eigenvalue weighted by atomic mass is 9.98. The van der Waals surface area contributed by atoms with E-state index in [0.29, 0.717) is 25.2 Å². The van der Waals surface area contributed by atoms with Gasteiger partial charge in [0.1, 0.15) is 23.2 Å². The smallest absolute Gasteiger partial charge is 0.258 e. The molecule has 208 valence electrons. The minimum absolute atomic E-state index is 0.00534. The van der Waals surface area contributed by atoms with Crippen molar-refractivity contribution >= 4 is 33.2 Å². The van der Waals surface area contributed by atoms with Crippen LogP contribution in [0, 0.1) is 5.82 Å². The predicted octanol–water partition coefficient (Wildman–Crippen LogP) is 2.49. The zero-order valence-electron chi connectivity index (χ0n) is 22.1. The topological polar surface area (TPSA) is 104 Å². The predicted molar refractivity (Wildman–Crippen MR) is 144 cm³/mol. The molecule has 0 spiro atoms. The molecule has 2 aromatic heterocycles. The summed E-state index contributed by atoms with van der Waals surface area (Å²) in [6.45, 7) is 2.92. The van der Waals surface area contributed by atoms with Crippen LogP contribution in [0.25, 0.3) is 5.65 Å². The van der Waals surface area contributed by atoms with Gasteiger partial charge in [-0.15, -0.1) is 0 Å². The van der Waals surface area contributed by atoms with Gasteiger partial charge in [-0.3, -0.25) is 4.79 Å². The summed E-state index contributed by atoms with van der Waals surface area (Å²) in [4.78, 5) is 24.6. The number of carbonyl (C=O) groups excluding carboxylic acids is 1. The largest absolute Gasteiger partial charge is 0.475 e. The average molecular weight is 558 g/mol. The zero-order chi connectivity index (χ0) is 27.3. The Morgan fingerprint density at radius 1 is 1.00 bits per heavy atom. The Balaban J connectivity index is 1.50. The summed E-state index contributed by atoms with van der Waals surface area (Å²) in [7, 11) is -0.442.